The number of fused-ring (bicyclic) bond motifs is 2. The first-order valence-electron chi connectivity index (χ1n) is 11.7. The Kier molecular flexibility index (Phi) is 5.67. The van der Waals surface area contributed by atoms with Crippen LogP contribution in [0.5, 0.6) is 0 Å². The number of likely N-dealkylation sites (N-methyl/N-ethyl adjacent to an activating group) is 1. The summed E-state index contributed by atoms with van der Waals surface area (Å²) in [6, 6.07) is 8.83. The number of halogens is 1. The fraction of sp³-hybridized carbons (Fsp3) is 0.385. The second-order valence-corrected chi connectivity index (χ2v) is 9.65. The minimum Gasteiger partial charge on any atom is -0.326 e. The van der Waals surface area contributed by atoms with Crippen LogP contribution in [0.3, 0.4) is 0 Å². The molecule has 2 aromatic carbocycles. The zero-order chi connectivity index (χ0) is 25.0. The van der Waals surface area contributed by atoms with Crippen molar-refractivity contribution in [3.05, 3.63) is 70.0 Å². The maximum absolute atomic E-state index is 15.9. The van der Waals surface area contributed by atoms with Gasteiger partial charge in [-0.2, -0.15) is 0 Å². The molecule has 3 aliphatic heterocycles. The van der Waals surface area contributed by atoms with Gasteiger partial charge in [0.2, 0.25) is 11.8 Å². The van der Waals surface area contributed by atoms with Crippen LogP contribution in [0.2, 0.25) is 0 Å². The Morgan fingerprint density at radius 2 is 1.89 bits per heavy atom. The van der Waals surface area contributed by atoms with Crippen molar-refractivity contribution in [2.24, 2.45) is 0 Å². The number of nitrogens with one attached hydrogen (secondary N) is 1. The van der Waals surface area contributed by atoms with E-state index in [0.29, 0.717) is 13.1 Å². The molecule has 1 N–H and O–H groups in total. The number of carbonyl (C=O) groups excluding carboxylic acids is 4. The van der Waals surface area contributed by atoms with Crippen molar-refractivity contribution in [2.75, 3.05) is 20.6 Å². The molecule has 5 rings (SSSR count). The molecule has 35 heavy (non-hydrogen) atoms. The third-order valence-corrected chi connectivity index (χ3v) is 7.19. The predicted octanol–water partition coefficient (Wildman–Crippen LogP) is 2.41. The highest BCUT2D eigenvalue weighted by molar-refractivity contribution is 6.06. The Hall–Kier alpha value is -3.59. The second-order valence-electron chi connectivity index (χ2n) is 9.65. The predicted molar refractivity (Wildman–Crippen MR) is 125 cm³/mol. The van der Waals surface area contributed by atoms with Gasteiger partial charge in [-0.3, -0.25) is 24.5 Å². The second kappa shape index (κ2) is 8.57. The van der Waals surface area contributed by atoms with Crippen LogP contribution in [0.15, 0.2) is 36.4 Å². The Labute approximate surface area is 202 Å². The molecule has 3 aliphatic rings. The van der Waals surface area contributed by atoms with E-state index in [1.165, 1.54) is 17.0 Å². The summed E-state index contributed by atoms with van der Waals surface area (Å²) >= 11 is 0. The van der Waals surface area contributed by atoms with Crippen molar-refractivity contribution < 1.29 is 23.6 Å². The summed E-state index contributed by atoms with van der Waals surface area (Å²) in [5.74, 6) is -2.59. The molecular weight excluding hydrogens is 451 g/mol. The lowest BCUT2D eigenvalue weighted by molar-refractivity contribution is -0.137. The van der Waals surface area contributed by atoms with Gasteiger partial charge in [0.1, 0.15) is 11.9 Å². The van der Waals surface area contributed by atoms with Crippen LogP contribution < -0.4 is 5.32 Å². The summed E-state index contributed by atoms with van der Waals surface area (Å²) in [6.45, 7) is 2.61. The molecule has 8 nitrogen and oxygen atoms in total. The molecule has 0 unspecified atom stereocenters. The fourth-order valence-electron chi connectivity index (χ4n) is 5.54. The molecule has 1 fully saturated rings. The van der Waals surface area contributed by atoms with Crippen LogP contribution >= 0.6 is 0 Å². The molecule has 0 spiro atoms. The number of hydrogen-bond donors (Lipinski definition) is 1. The smallest absolute Gasteiger partial charge is 0.257 e. The van der Waals surface area contributed by atoms with Crippen LogP contribution in [-0.2, 0) is 16.1 Å². The normalized spacial score (nSPS) is 23.6. The topological polar surface area (TPSA) is 90.0 Å². The van der Waals surface area contributed by atoms with Gasteiger partial charge in [0.25, 0.3) is 11.8 Å². The van der Waals surface area contributed by atoms with Gasteiger partial charge < -0.3 is 14.7 Å². The number of hydrogen-bond acceptors (Lipinski definition) is 5. The van der Waals surface area contributed by atoms with Crippen molar-refractivity contribution in [3.63, 3.8) is 0 Å². The van der Waals surface area contributed by atoms with E-state index in [1.54, 1.807) is 11.8 Å². The SMILES string of the molecule is C[C@@H]1c2c(ccc(C(=O)N3Cc4ccccc4[C@@H]3CN(C)C)c2F)C(=O)N1[C@H]1CCC(=O)NC1=O. The molecule has 2 aromatic rings. The number of benzene rings is 2. The fourth-order valence-corrected chi connectivity index (χ4v) is 5.54. The van der Waals surface area contributed by atoms with Crippen LogP contribution in [-0.4, -0.2) is 65.0 Å². The lowest BCUT2D eigenvalue weighted by Gasteiger charge is -2.33. The highest BCUT2D eigenvalue weighted by Gasteiger charge is 2.45. The molecule has 0 saturated carbocycles. The van der Waals surface area contributed by atoms with Crippen molar-refractivity contribution in [1.29, 1.82) is 0 Å². The first kappa shape index (κ1) is 23.2. The zero-order valence-electron chi connectivity index (χ0n) is 19.9. The number of amides is 4. The molecule has 0 bridgehead atoms. The molecule has 1 saturated heterocycles. The zero-order valence-corrected chi connectivity index (χ0v) is 19.9. The van der Waals surface area contributed by atoms with Crippen LogP contribution in [0.1, 0.15) is 69.3 Å². The monoisotopic (exact) mass is 478 g/mol. The van der Waals surface area contributed by atoms with Gasteiger partial charge in [-0.05, 0) is 50.7 Å². The van der Waals surface area contributed by atoms with Gasteiger partial charge in [0.15, 0.2) is 0 Å². The van der Waals surface area contributed by atoms with Crippen LogP contribution in [0.4, 0.5) is 4.39 Å². The summed E-state index contributed by atoms with van der Waals surface area (Å²) < 4.78 is 15.9. The summed E-state index contributed by atoms with van der Waals surface area (Å²) in [4.78, 5) is 55.7. The molecule has 0 aromatic heterocycles. The first-order valence-corrected chi connectivity index (χ1v) is 11.7. The Morgan fingerprint density at radius 3 is 2.60 bits per heavy atom. The van der Waals surface area contributed by atoms with Crippen LogP contribution in [0.25, 0.3) is 0 Å². The number of piperidine rings is 1. The van der Waals surface area contributed by atoms with Gasteiger partial charge in [-0.15, -0.1) is 0 Å². The highest BCUT2D eigenvalue weighted by Crippen LogP contribution is 2.41. The van der Waals surface area contributed by atoms with Crippen molar-refractivity contribution in [2.45, 2.75) is 44.4 Å². The maximum atomic E-state index is 15.9. The van der Waals surface area contributed by atoms with Crippen molar-refractivity contribution >= 4 is 23.6 Å². The molecule has 3 atom stereocenters. The van der Waals surface area contributed by atoms with E-state index >= 15 is 4.39 Å². The molecule has 0 aliphatic carbocycles. The standard InChI is InChI=1S/C26H27FN4O4/c1-14-22-17(26(35)31(14)19-10-11-21(32)28-24(19)33)8-9-18(23(22)27)25(34)30-12-15-6-4-5-7-16(15)20(30)13-29(2)3/h4-9,14,19-20H,10-13H2,1-3H3,(H,28,32,33)/t14-,19+,20+/m1/s1. The maximum Gasteiger partial charge on any atom is 0.257 e. The largest absolute Gasteiger partial charge is 0.326 e. The summed E-state index contributed by atoms with van der Waals surface area (Å²) in [5, 5.41) is 2.25. The van der Waals surface area contributed by atoms with Gasteiger partial charge in [0, 0.05) is 30.6 Å². The van der Waals surface area contributed by atoms with Crippen molar-refractivity contribution in [3.8, 4) is 0 Å². The molecular formula is C26H27FN4O4. The summed E-state index contributed by atoms with van der Waals surface area (Å²) in [7, 11) is 3.85. The minimum absolute atomic E-state index is 0.0925. The molecule has 182 valence electrons. The Morgan fingerprint density at radius 1 is 1.14 bits per heavy atom. The minimum atomic E-state index is -0.862. The summed E-state index contributed by atoms with van der Waals surface area (Å²) in [6.07, 6.45) is 0.290. The van der Waals surface area contributed by atoms with Gasteiger partial charge in [-0.1, -0.05) is 24.3 Å². The Bertz CT molecular complexity index is 1260. The van der Waals surface area contributed by atoms with E-state index in [4.69, 9.17) is 0 Å². The lowest BCUT2D eigenvalue weighted by Crippen LogP contribution is -2.53. The van der Waals surface area contributed by atoms with Gasteiger partial charge in [-0.25, -0.2) is 4.39 Å². The Balaban J connectivity index is 1.48. The molecule has 4 amide bonds. The lowest BCUT2D eigenvalue weighted by atomic mass is 9.99. The van der Waals surface area contributed by atoms with E-state index in [9.17, 15) is 19.2 Å². The highest BCUT2D eigenvalue weighted by atomic mass is 19.1. The van der Waals surface area contributed by atoms with E-state index in [-0.39, 0.29) is 41.5 Å². The number of carbonyl (C=O) groups is 4. The molecule has 9 heteroatoms. The van der Waals surface area contributed by atoms with Crippen molar-refractivity contribution in [1.82, 2.24) is 20.0 Å². The number of imide groups is 1. The third kappa shape index (κ3) is 3.70. The van der Waals surface area contributed by atoms with E-state index < -0.39 is 35.6 Å². The first-order chi connectivity index (χ1) is 16.7. The van der Waals surface area contributed by atoms with Gasteiger partial charge in [0.05, 0.1) is 17.6 Å². The van der Waals surface area contributed by atoms with E-state index in [1.807, 2.05) is 43.3 Å². The molecule has 0 radical (unpaired) electrons. The number of rotatable bonds is 4. The number of nitrogens with zero attached hydrogens (tertiary/aromatic N) is 3. The van der Waals surface area contributed by atoms with E-state index in [0.717, 1.165) is 11.1 Å². The average Bonchev–Trinajstić information content (AvgIpc) is 3.29. The average molecular weight is 479 g/mol. The summed E-state index contributed by atoms with van der Waals surface area (Å²) in [5.41, 5.74) is 2.24. The third-order valence-electron chi connectivity index (χ3n) is 7.19. The van der Waals surface area contributed by atoms with Crippen LogP contribution in [0, 0.1) is 5.82 Å². The quantitative estimate of drug-likeness (QED) is 0.682. The molecule has 3 heterocycles. The van der Waals surface area contributed by atoms with E-state index in [2.05, 4.69) is 5.32 Å². The van der Waals surface area contributed by atoms with Gasteiger partial charge >= 0.3 is 0 Å².